The first-order valence-electron chi connectivity index (χ1n) is 5.21. The van der Waals surface area contributed by atoms with E-state index in [1.165, 1.54) is 6.92 Å². The lowest BCUT2D eigenvalue weighted by atomic mass is 10.2. The summed E-state index contributed by atoms with van der Waals surface area (Å²) in [5.74, 6) is -0.935. The number of hydrogen-bond donors (Lipinski definition) is 2. The van der Waals surface area contributed by atoms with E-state index in [2.05, 4.69) is 17.7 Å². The van der Waals surface area contributed by atoms with Crippen molar-refractivity contribution < 1.29 is 27.1 Å². The Hall–Kier alpha value is -0.920. The minimum absolute atomic E-state index is 0.0822. The largest absolute Gasteiger partial charge is 0.478 e. The maximum Gasteiger partial charge on any atom is 0.397 e. The van der Waals surface area contributed by atoms with E-state index < -0.39 is 16.4 Å². The number of carbonyl (C=O) groups is 1. The van der Waals surface area contributed by atoms with Gasteiger partial charge in [-0.1, -0.05) is 32.8 Å². The zero-order valence-corrected chi connectivity index (χ0v) is 11.0. The van der Waals surface area contributed by atoms with Gasteiger partial charge in [-0.05, 0) is 13.3 Å². The van der Waals surface area contributed by atoms with Crippen molar-refractivity contribution in [3.8, 4) is 0 Å². The Bertz CT molecular complexity index is 308. The highest BCUT2D eigenvalue weighted by molar-refractivity contribution is 7.80. The van der Waals surface area contributed by atoms with E-state index in [9.17, 15) is 13.2 Å². The van der Waals surface area contributed by atoms with E-state index in [1.807, 2.05) is 0 Å². The second-order valence-electron chi connectivity index (χ2n) is 3.40. The summed E-state index contributed by atoms with van der Waals surface area (Å²) < 4.78 is 32.2. The summed E-state index contributed by atoms with van der Waals surface area (Å²) in [6.07, 6.45) is 3.76. The summed E-state index contributed by atoms with van der Waals surface area (Å²) >= 11 is 0. The number of hydrogen-bond acceptors (Lipinski definition) is 4. The monoisotopic (exact) mass is 268 g/mol. The van der Waals surface area contributed by atoms with Crippen molar-refractivity contribution in [1.29, 1.82) is 0 Å². The van der Waals surface area contributed by atoms with Gasteiger partial charge in [0, 0.05) is 5.57 Å². The maximum atomic E-state index is 10.00. The third-order valence-corrected chi connectivity index (χ3v) is 2.06. The topological polar surface area (TPSA) is 101 Å². The van der Waals surface area contributed by atoms with Gasteiger partial charge in [0.25, 0.3) is 0 Å². The lowest BCUT2D eigenvalue weighted by Gasteiger charge is -1.98. The van der Waals surface area contributed by atoms with Gasteiger partial charge in [-0.2, -0.15) is 8.42 Å². The third-order valence-electron chi connectivity index (χ3n) is 1.60. The second-order valence-corrected chi connectivity index (χ2v) is 4.49. The molecule has 0 aromatic rings. The van der Waals surface area contributed by atoms with Crippen LogP contribution in [0, 0.1) is 0 Å². The summed E-state index contributed by atoms with van der Waals surface area (Å²) in [5.41, 5.74) is 0.176. The van der Waals surface area contributed by atoms with Crippen molar-refractivity contribution in [2.24, 2.45) is 0 Å². The predicted octanol–water partition coefficient (Wildman–Crippen LogP) is 2.03. The Morgan fingerprint density at radius 2 is 1.76 bits per heavy atom. The van der Waals surface area contributed by atoms with Crippen molar-refractivity contribution in [2.45, 2.75) is 39.5 Å². The van der Waals surface area contributed by atoms with E-state index in [-0.39, 0.29) is 12.2 Å². The molecule has 0 saturated carbocycles. The lowest BCUT2D eigenvalue weighted by Crippen LogP contribution is -2.04. The molecule has 0 aromatic heterocycles. The molecular weight excluding hydrogens is 248 g/mol. The van der Waals surface area contributed by atoms with Crippen LogP contribution in [0.5, 0.6) is 0 Å². The van der Waals surface area contributed by atoms with Gasteiger partial charge in [-0.15, -0.1) is 0 Å². The fraction of sp³-hybridized carbons (Fsp3) is 0.700. The summed E-state index contributed by atoms with van der Waals surface area (Å²) in [6, 6.07) is 0. The van der Waals surface area contributed by atoms with Crippen LogP contribution >= 0.6 is 0 Å². The quantitative estimate of drug-likeness (QED) is 0.416. The van der Waals surface area contributed by atoms with Gasteiger partial charge in [0.15, 0.2) is 0 Å². The molecule has 102 valence electrons. The molecule has 0 aliphatic heterocycles. The number of unbranched alkanes of at least 4 members (excludes halogenated alkanes) is 3. The molecule has 0 rings (SSSR count). The molecule has 6 nitrogen and oxygen atoms in total. The van der Waals surface area contributed by atoms with Crippen LogP contribution in [0.4, 0.5) is 0 Å². The molecule has 0 unspecified atom stereocenters. The number of aliphatic carboxylic acids is 1. The van der Waals surface area contributed by atoms with Crippen molar-refractivity contribution in [3.05, 3.63) is 12.2 Å². The van der Waals surface area contributed by atoms with Crippen LogP contribution in [0.2, 0.25) is 0 Å². The standard InChI is InChI=1S/C6H14O4S.C4H6O2/c1-2-3-4-5-6-10-11(7,8)9;1-3(2)4(5)6/h2-6H2,1H3,(H,7,8,9);1H2,2H3,(H,5,6). The maximum absolute atomic E-state index is 10.00. The van der Waals surface area contributed by atoms with Crippen LogP contribution in [-0.2, 0) is 19.4 Å². The van der Waals surface area contributed by atoms with E-state index in [1.54, 1.807) is 0 Å². The van der Waals surface area contributed by atoms with Gasteiger partial charge in [0.05, 0.1) is 6.61 Å². The number of carboxylic acid groups (broad SMARTS) is 1. The highest BCUT2D eigenvalue weighted by atomic mass is 32.3. The first-order chi connectivity index (χ1) is 7.70. The Balaban J connectivity index is 0. The molecule has 0 bridgehead atoms. The molecule has 0 atom stereocenters. The highest BCUT2D eigenvalue weighted by Gasteiger charge is 2.01. The second kappa shape index (κ2) is 10.2. The first kappa shape index (κ1) is 18.4. The van der Waals surface area contributed by atoms with Crippen molar-refractivity contribution in [1.82, 2.24) is 0 Å². The molecule has 0 amide bonds. The van der Waals surface area contributed by atoms with Crippen LogP contribution in [0.15, 0.2) is 12.2 Å². The fourth-order valence-electron chi connectivity index (χ4n) is 0.693. The molecule has 0 fully saturated rings. The van der Waals surface area contributed by atoms with E-state index in [4.69, 9.17) is 9.66 Å². The third kappa shape index (κ3) is 21.0. The van der Waals surface area contributed by atoms with Gasteiger partial charge in [0.1, 0.15) is 0 Å². The average Bonchev–Trinajstić information content (AvgIpc) is 2.16. The Morgan fingerprint density at radius 1 is 1.29 bits per heavy atom. The molecule has 17 heavy (non-hydrogen) atoms. The molecule has 7 heteroatoms. The average molecular weight is 268 g/mol. The summed E-state index contributed by atoms with van der Waals surface area (Å²) in [5, 5.41) is 7.89. The van der Waals surface area contributed by atoms with Crippen LogP contribution in [0.1, 0.15) is 39.5 Å². The smallest absolute Gasteiger partial charge is 0.397 e. The summed E-state index contributed by atoms with van der Waals surface area (Å²) in [6.45, 7) is 6.74. The minimum atomic E-state index is -4.21. The minimum Gasteiger partial charge on any atom is -0.478 e. The summed E-state index contributed by atoms with van der Waals surface area (Å²) in [4.78, 5) is 9.60. The SMILES string of the molecule is C=C(C)C(=O)O.CCCCCCOS(=O)(=O)O. The molecule has 0 spiro atoms. The number of carboxylic acids is 1. The predicted molar refractivity (Wildman–Crippen MR) is 64.1 cm³/mol. The molecule has 0 aliphatic rings. The van der Waals surface area contributed by atoms with E-state index in [0.717, 1.165) is 19.3 Å². The lowest BCUT2D eigenvalue weighted by molar-refractivity contribution is -0.132. The Morgan fingerprint density at radius 3 is 2.06 bits per heavy atom. The summed E-state index contributed by atoms with van der Waals surface area (Å²) in [7, 11) is -4.21. The van der Waals surface area contributed by atoms with Gasteiger partial charge in [-0.25, -0.2) is 8.98 Å². The van der Waals surface area contributed by atoms with Gasteiger partial charge in [0.2, 0.25) is 0 Å². The van der Waals surface area contributed by atoms with Gasteiger partial charge >= 0.3 is 16.4 Å². The molecule has 2 N–H and O–H groups in total. The van der Waals surface area contributed by atoms with Crippen LogP contribution in [0.25, 0.3) is 0 Å². The number of rotatable bonds is 7. The zero-order valence-electron chi connectivity index (χ0n) is 10.2. The van der Waals surface area contributed by atoms with Crippen molar-refractivity contribution in [3.63, 3.8) is 0 Å². The van der Waals surface area contributed by atoms with Crippen LogP contribution in [-0.4, -0.2) is 30.7 Å². The fourth-order valence-corrected chi connectivity index (χ4v) is 1.02. The van der Waals surface area contributed by atoms with Gasteiger partial charge in [-0.3, -0.25) is 4.55 Å². The van der Waals surface area contributed by atoms with Crippen molar-refractivity contribution in [2.75, 3.05) is 6.61 Å². The van der Waals surface area contributed by atoms with Crippen LogP contribution < -0.4 is 0 Å². The van der Waals surface area contributed by atoms with Gasteiger partial charge < -0.3 is 5.11 Å². The molecular formula is C10H20O6S. The molecule has 0 heterocycles. The van der Waals surface area contributed by atoms with Crippen LogP contribution in [0.3, 0.4) is 0 Å². The molecule has 0 aliphatic carbocycles. The zero-order chi connectivity index (χ0) is 13.9. The van der Waals surface area contributed by atoms with E-state index >= 15 is 0 Å². The van der Waals surface area contributed by atoms with E-state index in [0.29, 0.717) is 6.42 Å². The van der Waals surface area contributed by atoms with Crippen molar-refractivity contribution >= 4 is 16.4 Å². The highest BCUT2D eigenvalue weighted by Crippen LogP contribution is 1.99. The first-order valence-corrected chi connectivity index (χ1v) is 6.57. The Kier molecular flexibility index (Phi) is 11.1. The molecule has 0 aromatic carbocycles. The normalized spacial score (nSPS) is 10.3. The Labute approximate surface area is 102 Å². The molecule has 0 radical (unpaired) electrons. The molecule has 0 saturated heterocycles.